The van der Waals surface area contributed by atoms with Gasteiger partial charge in [0.15, 0.2) is 0 Å². The van der Waals surface area contributed by atoms with Crippen molar-refractivity contribution in [3.05, 3.63) is 95.9 Å². The average molecular weight is 451 g/mol. The first-order valence-corrected chi connectivity index (χ1v) is 10.7. The number of amides is 2. The van der Waals surface area contributed by atoms with Crippen molar-refractivity contribution in [2.75, 3.05) is 10.6 Å². The Kier molecular flexibility index (Phi) is 5.39. The maximum Gasteiger partial charge on any atom is 0.255 e. The van der Waals surface area contributed by atoms with E-state index in [2.05, 4.69) is 20.6 Å². The number of primary amides is 1. The van der Waals surface area contributed by atoms with Crippen LogP contribution in [0.1, 0.15) is 26.3 Å². The lowest BCUT2D eigenvalue weighted by Gasteiger charge is -2.11. The van der Waals surface area contributed by atoms with Gasteiger partial charge in [0.25, 0.3) is 11.8 Å². The van der Waals surface area contributed by atoms with Crippen LogP contribution in [0.2, 0.25) is 0 Å². The quantitative estimate of drug-likeness (QED) is 0.361. The van der Waals surface area contributed by atoms with Crippen LogP contribution in [-0.4, -0.2) is 26.3 Å². The summed E-state index contributed by atoms with van der Waals surface area (Å²) in [5.74, 6) is -0.111. The topological polar surface area (TPSA) is 115 Å². The minimum Gasteiger partial charge on any atom is -0.366 e. The van der Waals surface area contributed by atoms with Crippen molar-refractivity contribution >= 4 is 45.1 Å². The lowest BCUT2D eigenvalue weighted by atomic mass is 10.1. The second kappa shape index (κ2) is 8.67. The van der Waals surface area contributed by atoms with Crippen LogP contribution in [0.4, 0.5) is 11.5 Å². The molecule has 0 aliphatic rings. The fraction of sp³-hybridized carbons (Fsp3) is 0.0769. The van der Waals surface area contributed by atoms with Crippen LogP contribution in [0, 0.1) is 0 Å². The van der Waals surface area contributed by atoms with Gasteiger partial charge in [-0.3, -0.25) is 9.59 Å². The molecule has 0 bridgehead atoms. The Morgan fingerprint density at radius 3 is 2.71 bits per heavy atom. The molecule has 8 heteroatoms. The van der Waals surface area contributed by atoms with Crippen molar-refractivity contribution in [3.8, 4) is 0 Å². The SMILES string of the molecule is Cn1ccc2cc(C(=O)Nc3cccc(CNc4ncnc5c(C(N)=O)cccc45)c3)ccc21. The molecular weight excluding hydrogens is 428 g/mol. The molecule has 0 aliphatic heterocycles. The maximum absolute atomic E-state index is 12.8. The summed E-state index contributed by atoms with van der Waals surface area (Å²) in [5.41, 5.74) is 9.64. The molecule has 3 aromatic carbocycles. The Labute approximate surface area is 195 Å². The molecule has 0 spiro atoms. The molecule has 0 fully saturated rings. The molecule has 4 N–H and O–H groups in total. The highest BCUT2D eigenvalue weighted by Crippen LogP contribution is 2.23. The monoisotopic (exact) mass is 450 g/mol. The maximum atomic E-state index is 12.8. The van der Waals surface area contributed by atoms with Gasteiger partial charge >= 0.3 is 0 Å². The fourth-order valence-corrected chi connectivity index (χ4v) is 4.00. The van der Waals surface area contributed by atoms with E-state index in [1.165, 1.54) is 6.33 Å². The van der Waals surface area contributed by atoms with E-state index in [0.29, 0.717) is 40.1 Å². The van der Waals surface area contributed by atoms with Crippen LogP contribution < -0.4 is 16.4 Å². The normalized spacial score (nSPS) is 11.0. The highest BCUT2D eigenvalue weighted by atomic mass is 16.2. The van der Waals surface area contributed by atoms with Crippen LogP contribution in [0.3, 0.4) is 0 Å². The van der Waals surface area contributed by atoms with Gasteiger partial charge in [0, 0.05) is 47.3 Å². The number of anilines is 2. The van der Waals surface area contributed by atoms with Crippen molar-refractivity contribution in [2.45, 2.75) is 6.54 Å². The van der Waals surface area contributed by atoms with Gasteiger partial charge in [-0.15, -0.1) is 0 Å². The predicted molar refractivity (Wildman–Crippen MR) is 133 cm³/mol. The van der Waals surface area contributed by atoms with E-state index in [1.54, 1.807) is 12.1 Å². The van der Waals surface area contributed by atoms with Crippen LogP contribution in [-0.2, 0) is 13.6 Å². The highest BCUT2D eigenvalue weighted by molar-refractivity contribution is 6.07. The second-order valence-corrected chi connectivity index (χ2v) is 8.00. The number of hydrogen-bond acceptors (Lipinski definition) is 5. The third-order valence-corrected chi connectivity index (χ3v) is 5.72. The molecule has 0 saturated heterocycles. The minimum absolute atomic E-state index is 0.170. The number of hydrogen-bond donors (Lipinski definition) is 3. The molecule has 8 nitrogen and oxygen atoms in total. The standard InChI is InChI=1S/C26H22N6O2/c1-32-11-10-17-13-18(8-9-22(17)32)26(34)31-19-5-2-4-16(12-19)14-28-25-21-7-3-6-20(24(27)33)23(21)29-15-30-25/h2-13,15H,14H2,1H3,(H2,27,33)(H,31,34)(H,28,29,30). The zero-order chi connectivity index (χ0) is 23.7. The zero-order valence-corrected chi connectivity index (χ0v) is 18.4. The molecule has 0 aliphatic carbocycles. The molecule has 0 atom stereocenters. The van der Waals surface area contributed by atoms with Gasteiger partial charge in [-0.05, 0) is 54.1 Å². The summed E-state index contributed by atoms with van der Waals surface area (Å²) in [6, 6.07) is 20.5. The van der Waals surface area contributed by atoms with Crippen molar-refractivity contribution in [3.63, 3.8) is 0 Å². The molecule has 0 saturated carbocycles. The molecule has 168 valence electrons. The summed E-state index contributed by atoms with van der Waals surface area (Å²) in [7, 11) is 1.97. The molecule has 5 aromatic rings. The molecule has 0 radical (unpaired) electrons. The molecule has 0 unspecified atom stereocenters. The number of benzene rings is 3. The van der Waals surface area contributed by atoms with E-state index in [1.807, 2.05) is 72.4 Å². The summed E-state index contributed by atoms with van der Waals surface area (Å²) >= 11 is 0. The number of rotatable bonds is 6. The Morgan fingerprint density at radius 1 is 1.00 bits per heavy atom. The number of carbonyl (C=O) groups is 2. The summed E-state index contributed by atoms with van der Waals surface area (Å²) in [4.78, 5) is 33.0. The van der Waals surface area contributed by atoms with Crippen LogP contribution in [0.25, 0.3) is 21.8 Å². The van der Waals surface area contributed by atoms with Gasteiger partial charge in [0.2, 0.25) is 0 Å². The summed E-state index contributed by atoms with van der Waals surface area (Å²) in [5, 5.41) is 7.98. The van der Waals surface area contributed by atoms with Crippen molar-refractivity contribution < 1.29 is 9.59 Å². The molecule has 34 heavy (non-hydrogen) atoms. The van der Waals surface area contributed by atoms with Gasteiger partial charge in [0.1, 0.15) is 12.1 Å². The molecule has 5 rings (SSSR count). The number of nitrogens with one attached hydrogen (secondary N) is 2. The summed E-state index contributed by atoms with van der Waals surface area (Å²) in [6.45, 7) is 0.465. The Bertz CT molecular complexity index is 1560. The van der Waals surface area contributed by atoms with Crippen molar-refractivity contribution in [1.29, 1.82) is 0 Å². The number of para-hydroxylation sites is 1. The number of aryl methyl sites for hydroxylation is 1. The highest BCUT2D eigenvalue weighted by Gasteiger charge is 2.12. The molecular formula is C26H22N6O2. The average Bonchev–Trinajstić information content (AvgIpc) is 3.22. The van der Waals surface area contributed by atoms with Gasteiger partial charge < -0.3 is 20.9 Å². The zero-order valence-electron chi connectivity index (χ0n) is 18.4. The largest absolute Gasteiger partial charge is 0.366 e. The first kappa shape index (κ1) is 21.1. The van der Waals surface area contributed by atoms with Crippen molar-refractivity contribution in [1.82, 2.24) is 14.5 Å². The number of nitrogens with two attached hydrogens (primary N) is 1. The number of fused-ring (bicyclic) bond motifs is 2. The van der Waals surface area contributed by atoms with Gasteiger partial charge in [-0.1, -0.05) is 18.2 Å². The third kappa shape index (κ3) is 4.04. The summed E-state index contributed by atoms with van der Waals surface area (Å²) in [6.07, 6.45) is 3.37. The van der Waals surface area contributed by atoms with E-state index in [4.69, 9.17) is 5.73 Å². The van der Waals surface area contributed by atoms with E-state index >= 15 is 0 Å². The van der Waals surface area contributed by atoms with E-state index in [-0.39, 0.29) is 5.91 Å². The third-order valence-electron chi connectivity index (χ3n) is 5.72. The van der Waals surface area contributed by atoms with Crippen molar-refractivity contribution in [2.24, 2.45) is 12.8 Å². The lowest BCUT2D eigenvalue weighted by molar-refractivity contribution is 0.0999. The molecule has 2 aromatic heterocycles. The van der Waals surface area contributed by atoms with Gasteiger partial charge in [-0.25, -0.2) is 9.97 Å². The molecule has 2 heterocycles. The number of nitrogens with zero attached hydrogens (tertiary/aromatic N) is 3. The lowest BCUT2D eigenvalue weighted by Crippen LogP contribution is -2.13. The second-order valence-electron chi connectivity index (χ2n) is 8.00. The smallest absolute Gasteiger partial charge is 0.255 e. The Morgan fingerprint density at radius 2 is 1.85 bits per heavy atom. The predicted octanol–water partition coefficient (Wildman–Crippen LogP) is 4.08. The van der Waals surface area contributed by atoms with Crippen LogP contribution in [0.5, 0.6) is 0 Å². The van der Waals surface area contributed by atoms with E-state index in [9.17, 15) is 9.59 Å². The fourth-order valence-electron chi connectivity index (χ4n) is 4.00. The minimum atomic E-state index is -0.537. The van der Waals surface area contributed by atoms with E-state index < -0.39 is 5.91 Å². The Hall–Kier alpha value is -4.72. The van der Waals surface area contributed by atoms with Gasteiger partial charge in [0.05, 0.1) is 11.1 Å². The number of aromatic nitrogens is 3. The van der Waals surface area contributed by atoms with Crippen LogP contribution >= 0.6 is 0 Å². The van der Waals surface area contributed by atoms with Gasteiger partial charge in [-0.2, -0.15) is 0 Å². The Balaban J connectivity index is 1.32. The first-order chi connectivity index (χ1) is 16.5. The molecule has 2 amide bonds. The summed E-state index contributed by atoms with van der Waals surface area (Å²) < 4.78 is 2.02. The van der Waals surface area contributed by atoms with Crippen LogP contribution in [0.15, 0.2) is 79.3 Å². The number of carbonyl (C=O) groups excluding carboxylic acids is 2. The first-order valence-electron chi connectivity index (χ1n) is 10.7. The van der Waals surface area contributed by atoms with E-state index in [0.717, 1.165) is 16.5 Å².